The number of primary amides is 1. The highest BCUT2D eigenvalue weighted by Crippen LogP contribution is 2.32. The highest BCUT2D eigenvalue weighted by Gasteiger charge is 2.35. The van der Waals surface area contributed by atoms with Crippen LogP contribution in [0.4, 0.5) is 40.1 Å². The first-order chi connectivity index (χ1) is 34.4. The number of carbonyl (C=O) groups is 7. The van der Waals surface area contributed by atoms with Crippen LogP contribution < -0.4 is 48.6 Å². The van der Waals surface area contributed by atoms with E-state index in [1.54, 1.807) is 26.0 Å². The van der Waals surface area contributed by atoms with Gasteiger partial charge >= 0.3 is 24.0 Å². The number of nitrogens with zero attached hydrogens (tertiary/aromatic N) is 4. The second-order valence-electron chi connectivity index (χ2n) is 17.5. The summed E-state index contributed by atoms with van der Waals surface area (Å²) in [6, 6.07) is 7.10. The zero-order valence-corrected chi connectivity index (χ0v) is 40.1. The third-order valence-corrected chi connectivity index (χ3v) is 11.5. The molecule has 0 saturated carbocycles. The Hall–Kier alpha value is -7.57. The van der Waals surface area contributed by atoms with Crippen molar-refractivity contribution < 1.29 is 51.5 Å². The number of nitrogens with two attached hydrogens (primary N) is 1. The van der Waals surface area contributed by atoms with E-state index in [9.17, 15) is 51.5 Å². The number of aromatic nitrogens is 4. The number of imidazole rings is 1. The van der Waals surface area contributed by atoms with Gasteiger partial charge in [-0.25, -0.2) is 24.4 Å². The molecule has 0 bridgehead atoms. The Morgan fingerprint density at radius 3 is 2.26 bits per heavy atom. The van der Waals surface area contributed by atoms with Gasteiger partial charge in [-0.15, -0.1) is 0 Å². The molecule has 1 saturated heterocycles. The van der Waals surface area contributed by atoms with E-state index in [4.69, 9.17) is 10.5 Å². The zero-order chi connectivity index (χ0) is 52.2. The number of urea groups is 1. The van der Waals surface area contributed by atoms with Crippen LogP contribution in [0.3, 0.4) is 0 Å². The smallest absolute Gasteiger partial charge is 0.433 e. The van der Waals surface area contributed by atoms with E-state index in [2.05, 4.69) is 57.1 Å². The summed E-state index contributed by atoms with van der Waals surface area (Å²) in [7, 11) is 0. The molecular weight excluding hydrogens is 948 g/mol. The van der Waals surface area contributed by atoms with Gasteiger partial charge in [-0.2, -0.15) is 13.2 Å². The fourth-order valence-electron chi connectivity index (χ4n) is 7.67. The molecule has 4 aromatic rings. The molecule has 1 aromatic carbocycles. The summed E-state index contributed by atoms with van der Waals surface area (Å²) in [6.07, 6.45) is 0.248. The van der Waals surface area contributed by atoms with Crippen LogP contribution >= 0.6 is 0 Å². The van der Waals surface area contributed by atoms with Crippen molar-refractivity contribution in [3.8, 4) is 0 Å². The fraction of sp³-hybridized carbons (Fsp3) is 0.489. The minimum Gasteiger partial charge on any atom is -0.444 e. The monoisotopic (exact) mass is 1010 g/mol. The Labute approximate surface area is 412 Å². The maximum Gasteiger partial charge on any atom is 0.433 e. The van der Waals surface area contributed by atoms with Gasteiger partial charge in [-0.05, 0) is 86.5 Å². The van der Waals surface area contributed by atoms with Crippen LogP contribution in [0, 0.1) is 5.92 Å². The number of pyridine rings is 2. The van der Waals surface area contributed by atoms with Crippen molar-refractivity contribution in [2.45, 2.75) is 103 Å². The lowest BCUT2D eigenvalue weighted by molar-refractivity contribution is -0.141. The highest BCUT2D eigenvalue weighted by molar-refractivity contribution is 5.99. The predicted octanol–water partition coefficient (Wildman–Crippen LogP) is 3.72. The second-order valence-corrected chi connectivity index (χ2v) is 17.5. The van der Waals surface area contributed by atoms with Gasteiger partial charge in [-0.3, -0.25) is 29.1 Å². The van der Waals surface area contributed by atoms with Gasteiger partial charge in [0.2, 0.25) is 23.6 Å². The largest absolute Gasteiger partial charge is 0.444 e. The topological polar surface area (TPSA) is 306 Å². The quantitative estimate of drug-likeness (QED) is 0.0321. The molecule has 25 heteroatoms. The lowest BCUT2D eigenvalue weighted by Gasteiger charge is -2.26. The zero-order valence-electron chi connectivity index (χ0n) is 40.1. The molecule has 2 atom stereocenters. The third kappa shape index (κ3) is 17.7. The molecule has 5 rings (SSSR count). The number of hydrogen-bond acceptors (Lipinski definition) is 13. The molecule has 0 radical (unpaired) electrons. The molecule has 10 N–H and O–H groups in total. The van der Waals surface area contributed by atoms with Crippen molar-refractivity contribution in [3.63, 3.8) is 0 Å². The van der Waals surface area contributed by atoms with Crippen LogP contribution in [0.25, 0.3) is 11.0 Å². The van der Waals surface area contributed by atoms with Crippen LogP contribution in [0.15, 0.2) is 53.5 Å². The van der Waals surface area contributed by atoms with Gasteiger partial charge in [0, 0.05) is 57.3 Å². The second kappa shape index (κ2) is 27.1. The number of anilines is 3. The van der Waals surface area contributed by atoms with Gasteiger partial charge in [0.15, 0.2) is 5.82 Å². The number of benzene rings is 1. The van der Waals surface area contributed by atoms with Crippen LogP contribution in [0.1, 0.15) is 88.5 Å². The van der Waals surface area contributed by atoms with E-state index in [0.29, 0.717) is 35.8 Å². The van der Waals surface area contributed by atoms with Gasteiger partial charge in [0.1, 0.15) is 42.0 Å². The van der Waals surface area contributed by atoms with Crippen molar-refractivity contribution in [3.05, 3.63) is 76.0 Å². The van der Waals surface area contributed by atoms with Crippen molar-refractivity contribution in [1.82, 2.24) is 45.7 Å². The number of halogens is 3. The molecule has 1 fully saturated rings. The number of carbonyl (C=O) groups excluding carboxylic acids is 7. The van der Waals surface area contributed by atoms with E-state index in [0.717, 1.165) is 24.2 Å². The number of likely N-dealkylation sites (tertiary alicyclic amines) is 1. The van der Waals surface area contributed by atoms with E-state index in [1.165, 1.54) is 49.7 Å². The Balaban J connectivity index is 1.18. The van der Waals surface area contributed by atoms with Crippen LogP contribution in [0.2, 0.25) is 0 Å². The van der Waals surface area contributed by atoms with E-state index in [1.807, 2.05) is 0 Å². The standard InChI is InChI=1S/C47H62F3N13O9/c1-29(2)39(59-38(66)11-6-10-37(65)53-19-8-24-64)43(68)57-33(9-7-18-54-44(51)69)42(67)56-32-15-12-30(13-16-32)28-72-46(71)61-41-40-34(25-35(58-41)47(48,49)50)63(45(70)60-40)27-31-14-17-36(55-26-31)52-20-23-62-21-4-3-5-22-62/h12-17,24-26,29,33,39H,3-11,18-23,27-28H2,1-2H3,(H,52,55)(H,53,65)(H,56,67)(H,57,68)(H,59,66)(H,60,70)(H3,51,54,69)(H,58,61,71)/t33-,39-/m0/s1. The number of fused-ring (bicyclic) bond motifs is 1. The minimum absolute atomic E-state index is 0.0345. The number of piperidine rings is 1. The Kier molecular flexibility index (Phi) is 20.9. The lowest BCUT2D eigenvalue weighted by Crippen LogP contribution is -2.54. The molecule has 1 aliphatic rings. The number of amides is 7. The predicted molar refractivity (Wildman–Crippen MR) is 259 cm³/mol. The molecule has 1 aliphatic heterocycles. The highest BCUT2D eigenvalue weighted by atomic mass is 19.4. The number of hydrogen-bond donors (Lipinski definition) is 9. The minimum atomic E-state index is -4.95. The summed E-state index contributed by atoms with van der Waals surface area (Å²) in [5.41, 5.74) is 3.91. The van der Waals surface area contributed by atoms with E-state index in [-0.39, 0.29) is 87.4 Å². The Morgan fingerprint density at radius 1 is 0.875 bits per heavy atom. The number of aldehydes is 1. The molecule has 22 nitrogen and oxygen atoms in total. The van der Waals surface area contributed by atoms with Gasteiger partial charge in [0.25, 0.3) is 0 Å². The molecule has 3 aromatic heterocycles. The number of nitrogens with one attached hydrogen (secondary N) is 8. The van der Waals surface area contributed by atoms with Gasteiger partial charge in [-0.1, -0.05) is 38.5 Å². The summed E-state index contributed by atoms with van der Waals surface area (Å²) in [5, 5.41) is 18.5. The summed E-state index contributed by atoms with van der Waals surface area (Å²) >= 11 is 0. The molecule has 0 aliphatic carbocycles. The lowest BCUT2D eigenvalue weighted by atomic mass is 10.0. The van der Waals surface area contributed by atoms with Gasteiger partial charge in [0.05, 0.1) is 12.1 Å². The summed E-state index contributed by atoms with van der Waals surface area (Å²) < 4.78 is 48.7. The molecule has 7 amide bonds. The van der Waals surface area contributed by atoms with Crippen LogP contribution in [-0.4, -0.2) is 118 Å². The van der Waals surface area contributed by atoms with Crippen molar-refractivity contribution in [2.75, 3.05) is 55.2 Å². The van der Waals surface area contributed by atoms with Crippen molar-refractivity contribution in [2.24, 2.45) is 11.7 Å². The number of H-pyrrole nitrogens is 1. The number of alkyl halides is 3. The molecule has 0 spiro atoms. The van der Waals surface area contributed by atoms with Gasteiger partial charge < -0.3 is 57.0 Å². The molecule has 72 heavy (non-hydrogen) atoms. The Bertz CT molecular complexity index is 2550. The molecule has 0 unspecified atom stereocenters. The molecule has 4 heterocycles. The summed E-state index contributed by atoms with van der Waals surface area (Å²) in [6.45, 7) is 6.82. The van der Waals surface area contributed by atoms with E-state index < -0.39 is 71.2 Å². The molecular formula is C47H62F3N13O9. The summed E-state index contributed by atoms with van der Waals surface area (Å²) in [5.74, 6) is -2.52. The fourth-order valence-corrected chi connectivity index (χ4v) is 7.67. The average Bonchev–Trinajstić information content (AvgIpc) is 3.66. The maximum absolute atomic E-state index is 14.1. The van der Waals surface area contributed by atoms with Crippen molar-refractivity contribution >= 4 is 70.4 Å². The number of aromatic amines is 1. The first-order valence-electron chi connectivity index (χ1n) is 23.7. The first kappa shape index (κ1) is 55.4. The normalized spacial score (nSPS) is 13.6. The molecule has 390 valence electrons. The third-order valence-electron chi connectivity index (χ3n) is 11.5. The van der Waals surface area contributed by atoms with Crippen molar-refractivity contribution in [1.29, 1.82) is 0 Å². The van der Waals surface area contributed by atoms with E-state index >= 15 is 0 Å². The first-order valence-corrected chi connectivity index (χ1v) is 23.7. The maximum atomic E-state index is 14.1. The number of rotatable bonds is 26. The average molecular weight is 1010 g/mol. The SMILES string of the molecule is CC(C)[C@H](NC(=O)CCCC(=O)NCCC=O)C(=O)N[C@@H](CCCNC(N)=O)C(=O)Nc1ccc(COC(=O)Nc2nc(C(F)(F)F)cc3c2[nH]c(=O)n3Cc2ccc(NCCN3CCCCC3)nc2)cc1. The number of ether oxygens (including phenoxy) is 1. The van der Waals surface area contributed by atoms with Crippen LogP contribution in [-0.2, 0) is 48.0 Å². The Morgan fingerprint density at radius 2 is 1.60 bits per heavy atom. The summed E-state index contributed by atoms with van der Waals surface area (Å²) in [4.78, 5) is 113. The van der Waals surface area contributed by atoms with Crippen LogP contribution in [0.5, 0.6) is 0 Å².